The first-order valence-electron chi connectivity index (χ1n) is 9.07. The predicted octanol–water partition coefficient (Wildman–Crippen LogP) is 3.14. The average Bonchev–Trinajstić information content (AvgIpc) is 2.67. The van der Waals surface area contributed by atoms with Crippen molar-refractivity contribution >= 4 is 16.8 Å². The van der Waals surface area contributed by atoms with E-state index in [4.69, 9.17) is 4.74 Å². The lowest BCUT2D eigenvalue weighted by atomic mass is 10.1. The molecule has 0 aliphatic heterocycles. The van der Waals surface area contributed by atoms with Crippen LogP contribution in [-0.4, -0.2) is 24.5 Å². The summed E-state index contributed by atoms with van der Waals surface area (Å²) in [6.07, 6.45) is 1.88. The highest BCUT2D eigenvalue weighted by Gasteiger charge is 2.04. The number of ether oxygens (including phenoxy) is 1. The molecule has 0 aliphatic carbocycles. The monoisotopic (exact) mass is 364 g/mol. The highest BCUT2D eigenvalue weighted by molar-refractivity contribution is 5.79. The van der Waals surface area contributed by atoms with Crippen LogP contribution in [0, 0.1) is 6.92 Å². The summed E-state index contributed by atoms with van der Waals surface area (Å²) in [5.41, 5.74) is 3.69. The fraction of sp³-hybridized carbons (Fsp3) is 0.273. The maximum absolute atomic E-state index is 12.1. The van der Waals surface area contributed by atoms with Crippen molar-refractivity contribution in [1.29, 1.82) is 0 Å². The van der Waals surface area contributed by atoms with E-state index in [-0.39, 0.29) is 11.5 Å². The lowest BCUT2D eigenvalue weighted by molar-refractivity contribution is -0.121. The summed E-state index contributed by atoms with van der Waals surface area (Å²) >= 11 is 0. The fourth-order valence-electron chi connectivity index (χ4n) is 3.04. The first kappa shape index (κ1) is 18.7. The van der Waals surface area contributed by atoms with E-state index in [2.05, 4.69) is 16.4 Å². The minimum atomic E-state index is -0.0569. The van der Waals surface area contributed by atoms with Gasteiger partial charge in [-0.2, -0.15) is 0 Å². The largest absolute Gasteiger partial charge is 0.497 e. The molecule has 0 aliphatic rings. The number of carbonyl (C=O) groups excluding carboxylic acids is 1. The Balaban J connectivity index is 1.50. The molecule has 3 rings (SSSR count). The van der Waals surface area contributed by atoms with Crippen LogP contribution in [0.1, 0.15) is 23.1 Å². The minimum Gasteiger partial charge on any atom is -0.497 e. The first-order chi connectivity index (χ1) is 13.0. The Morgan fingerprint density at radius 3 is 2.70 bits per heavy atom. The summed E-state index contributed by atoms with van der Waals surface area (Å²) in [7, 11) is 1.64. The number of nitrogens with one attached hydrogen (secondary N) is 2. The molecule has 2 aromatic carbocycles. The number of methoxy groups -OCH3 is 1. The molecular formula is C22H24N2O3. The van der Waals surface area contributed by atoms with Crippen LogP contribution >= 0.6 is 0 Å². The number of fused-ring (bicyclic) bond motifs is 1. The van der Waals surface area contributed by atoms with Crippen molar-refractivity contribution < 1.29 is 9.53 Å². The first-order valence-corrected chi connectivity index (χ1v) is 9.07. The number of aryl methyl sites for hydroxylation is 2. The second-order valence-corrected chi connectivity index (χ2v) is 6.65. The van der Waals surface area contributed by atoms with E-state index in [9.17, 15) is 9.59 Å². The Morgan fingerprint density at radius 1 is 1.07 bits per heavy atom. The minimum absolute atomic E-state index is 0.0405. The van der Waals surface area contributed by atoms with Crippen LogP contribution in [-0.2, 0) is 17.6 Å². The highest BCUT2D eigenvalue weighted by atomic mass is 16.5. The number of hydrogen-bond acceptors (Lipinski definition) is 3. The van der Waals surface area contributed by atoms with Crippen LogP contribution in [0.25, 0.3) is 10.9 Å². The number of benzene rings is 2. The van der Waals surface area contributed by atoms with Crippen LogP contribution in [0.5, 0.6) is 5.75 Å². The third-order valence-electron chi connectivity index (χ3n) is 4.61. The smallest absolute Gasteiger partial charge is 0.251 e. The van der Waals surface area contributed by atoms with Gasteiger partial charge in [0, 0.05) is 24.0 Å². The molecule has 5 heteroatoms. The van der Waals surface area contributed by atoms with E-state index in [0.29, 0.717) is 24.9 Å². The summed E-state index contributed by atoms with van der Waals surface area (Å²) in [5.74, 6) is 0.847. The Morgan fingerprint density at radius 2 is 1.89 bits per heavy atom. The molecule has 1 amide bonds. The van der Waals surface area contributed by atoms with Gasteiger partial charge in [0.1, 0.15) is 5.75 Å². The van der Waals surface area contributed by atoms with Crippen molar-refractivity contribution in [3.05, 3.63) is 75.6 Å². The van der Waals surface area contributed by atoms with Gasteiger partial charge < -0.3 is 15.0 Å². The van der Waals surface area contributed by atoms with Crippen LogP contribution in [0.3, 0.4) is 0 Å². The standard InChI is InChI=1S/C22H24N2O3/c1-15-12-18-13-17(6-8-20(18)24-22(15)26)10-11-23-21(25)9-7-16-4-3-5-19(14-16)27-2/h3-6,8,12-14H,7,9-11H2,1-2H3,(H,23,25)(H,24,26). The average molecular weight is 364 g/mol. The van der Waals surface area contributed by atoms with Gasteiger partial charge in [-0.1, -0.05) is 18.2 Å². The maximum Gasteiger partial charge on any atom is 0.251 e. The van der Waals surface area contributed by atoms with Gasteiger partial charge in [0.2, 0.25) is 5.91 Å². The van der Waals surface area contributed by atoms with Crippen molar-refractivity contribution in [1.82, 2.24) is 10.3 Å². The molecule has 5 nitrogen and oxygen atoms in total. The van der Waals surface area contributed by atoms with E-state index in [1.165, 1.54) is 0 Å². The zero-order valence-electron chi connectivity index (χ0n) is 15.7. The second kappa shape index (κ2) is 8.54. The summed E-state index contributed by atoms with van der Waals surface area (Å²) < 4.78 is 5.20. The zero-order chi connectivity index (χ0) is 19.2. The summed E-state index contributed by atoms with van der Waals surface area (Å²) in [4.78, 5) is 26.6. The molecule has 0 saturated carbocycles. The molecule has 0 atom stereocenters. The molecule has 0 saturated heterocycles. The lowest BCUT2D eigenvalue weighted by Gasteiger charge is -2.08. The summed E-state index contributed by atoms with van der Waals surface area (Å²) in [6, 6.07) is 15.6. The van der Waals surface area contributed by atoms with Crippen molar-refractivity contribution in [2.75, 3.05) is 13.7 Å². The SMILES string of the molecule is COc1cccc(CCC(=O)NCCc2ccc3[nH]c(=O)c(C)cc3c2)c1. The maximum atomic E-state index is 12.1. The van der Waals surface area contributed by atoms with Crippen molar-refractivity contribution in [2.45, 2.75) is 26.2 Å². The molecule has 1 aromatic heterocycles. The Hall–Kier alpha value is -3.08. The van der Waals surface area contributed by atoms with E-state index >= 15 is 0 Å². The van der Waals surface area contributed by atoms with Gasteiger partial charge in [-0.25, -0.2) is 0 Å². The molecule has 0 bridgehead atoms. The van der Waals surface area contributed by atoms with Crippen LogP contribution in [0.15, 0.2) is 53.3 Å². The second-order valence-electron chi connectivity index (χ2n) is 6.65. The van der Waals surface area contributed by atoms with Crippen LogP contribution in [0.4, 0.5) is 0 Å². The number of rotatable bonds is 7. The number of hydrogen-bond donors (Lipinski definition) is 2. The van der Waals surface area contributed by atoms with E-state index in [0.717, 1.165) is 34.2 Å². The molecule has 140 valence electrons. The van der Waals surface area contributed by atoms with Crippen molar-refractivity contribution in [3.63, 3.8) is 0 Å². The number of H-pyrrole nitrogens is 1. The predicted molar refractivity (Wildman–Crippen MR) is 107 cm³/mol. The number of aromatic nitrogens is 1. The van der Waals surface area contributed by atoms with Gasteiger partial charge in [0.25, 0.3) is 5.56 Å². The van der Waals surface area contributed by atoms with E-state index in [1.807, 2.05) is 42.5 Å². The molecule has 0 fully saturated rings. The van der Waals surface area contributed by atoms with Crippen molar-refractivity contribution in [2.24, 2.45) is 0 Å². The van der Waals surface area contributed by atoms with Gasteiger partial charge in [0.15, 0.2) is 0 Å². The Bertz CT molecular complexity index is 1010. The van der Waals surface area contributed by atoms with Gasteiger partial charge in [-0.05, 0) is 66.6 Å². The summed E-state index contributed by atoms with van der Waals surface area (Å²) in [5, 5.41) is 3.98. The normalized spacial score (nSPS) is 10.7. The summed E-state index contributed by atoms with van der Waals surface area (Å²) in [6.45, 7) is 2.39. The molecule has 0 unspecified atom stereocenters. The molecule has 3 aromatic rings. The van der Waals surface area contributed by atoms with Crippen LogP contribution < -0.4 is 15.6 Å². The van der Waals surface area contributed by atoms with Crippen LogP contribution in [0.2, 0.25) is 0 Å². The lowest BCUT2D eigenvalue weighted by Crippen LogP contribution is -2.25. The zero-order valence-corrected chi connectivity index (χ0v) is 15.7. The fourth-order valence-corrected chi connectivity index (χ4v) is 3.04. The number of pyridine rings is 1. The van der Waals surface area contributed by atoms with E-state index in [1.54, 1.807) is 14.0 Å². The Labute approximate surface area is 158 Å². The number of aromatic amines is 1. The van der Waals surface area contributed by atoms with Crippen molar-refractivity contribution in [3.8, 4) is 5.75 Å². The molecule has 1 heterocycles. The molecule has 2 N–H and O–H groups in total. The van der Waals surface area contributed by atoms with E-state index < -0.39 is 0 Å². The third kappa shape index (κ3) is 4.97. The van der Waals surface area contributed by atoms with Gasteiger partial charge in [-0.15, -0.1) is 0 Å². The number of amides is 1. The van der Waals surface area contributed by atoms with Gasteiger partial charge in [-0.3, -0.25) is 9.59 Å². The molecule has 27 heavy (non-hydrogen) atoms. The quantitative estimate of drug-likeness (QED) is 0.677. The number of carbonyl (C=O) groups is 1. The Kier molecular flexibility index (Phi) is 5.91. The van der Waals surface area contributed by atoms with Gasteiger partial charge in [0.05, 0.1) is 7.11 Å². The van der Waals surface area contributed by atoms with Gasteiger partial charge >= 0.3 is 0 Å². The topological polar surface area (TPSA) is 71.2 Å². The highest BCUT2D eigenvalue weighted by Crippen LogP contribution is 2.15. The molecular weight excluding hydrogens is 340 g/mol. The molecule has 0 spiro atoms. The third-order valence-corrected chi connectivity index (χ3v) is 4.61. The molecule has 0 radical (unpaired) electrons.